The van der Waals surface area contributed by atoms with Crippen molar-refractivity contribution in [2.45, 2.75) is 13.5 Å². The highest BCUT2D eigenvalue weighted by Gasteiger charge is 2.10. The predicted molar refractivity (Wildman–Crippen MR) is 72.3 cm³/mol. The second-order valence-electron chi connectivity index (χ2n) is 3.84. The monoisotopic (exact) mass is 262 g/mol. The molecular weight excluding hydrogens is 248 g/mol. The van der Waals surface area contributed by atoms with Crippen molar-refractivity contribution >= 4 is 22.9 Å². The van der Waals surface area contributed by atoms with E-state index < -0.39 is 0 Å². The molecule has 5 nitrogen and oxygen atoms in total. The van der Waals surface area contributed by atoms with E-state index in [1.807, 2.05) is 19.1 Å². The maximum absolute atomic E-state index is 12.0. The minimum absolute atomic E-state index is 0.156. The van der Waals surface area contributed by atoms with Gasteiger partial charge >= 0.3 is 0 Å². The summed E-state index contributed by atoms with van der Waals surface area (Å²) in [5.74, 6) is 5.25. The highest BCUT2D eigenvalue weighted by molar-refractivity contribution is 7.09. The first kappa shape index (κ1) is 12.5. The number of rotatable bonds is 4. The Kier molecular flexibility index (Phi) is 3.91. The van der Waals surface area contributed by atoms with Crippen molar-refractivity contribution < 1.29 is 4.79 Å². The lowest BCUT2D eigenvalue weighted by Gasteiger charge is -2.09. The number of amides is 1. The Hall–Kier alpha value is -1.92. The maximum Gasteiger partial charge on any atom is 0.253 e. The van der Waals surface area contributed by atoms with E-state index in [9.17, 15) is 4.79 Å². The summed E-state index contributed by atoms with van der Waals surface area (Å²) in [6.07, 6.45) is 1.74. The fourth-order valence-electron chi connectivity index (χ4n) is 1.57. The molecule has 18 heavy (non-hydrogen) atoms. The summed E-state index contributed by atoms with van der Waals surface area (Å²) in [6.45, 7) is 2.42. The molecule has 1 heterocycles. The van der Waals surface area contributed by atoms with Crippen LogP contribution in [0.1, 0.15) is 20.8 Å². The Bertz CT molecular complexity index is 539. The minimum Gasteiger partial charge on any atom is -0.347 e. The number of nitrogen functional groups attached to an aromatic ring is 1. The summed E-state index contributed by atoms with van der Waals surface area (Å²) in [5.41, 5.74) is 6.48. The molecule has 0 saturated carbocycles. The van der Waals surface area contributed by atoms with Crippen molar-refractivity contribution in [2.24, 2.45) is 5.84 Å². The molecule has 0 radical (unpaired) electrons. The molecule has 0 aliphatic heterocycles. The van der Waals surface area contributed by atoms with Crippen LogP contribution in [-0.4, -0.2) is 10.9 Å². The minimum atomic E-state index is -0.156. The first-order valence-corrected chi connectivity index (χ1v) is 6.31. The van der Waals surface area contributed by atoms with Gasteiger partial charge in [-0.1, -0.05) is 6.07 Å². The molecule has 4 N–H and O–H groups in total. The largest absolute Gasteiger partial charge is 0.347 e. The first-order chi connectivity index (χ1) is 8.70. The summed E-state index contributed by atoms with van der Waals surface area (Å²) in [4.78, 5) is 17.0. The molecular formula is C12H14N4OS. The van der Waals surface area contributed by atoms with Crippen molar-refractivity contribution in [1.82, 2.24) is 10.3 Å². The molecule has 0 fully saturated rings. The van der Waals surface area contributed by atoms with Gasteiger partial charge in [-0.25, -0.2) is 0 Å². The van der Waals surface area contributed by atoms with Crippen LogP contribution in [-0.2, 0) is 6.54 Å². The Morgan fingerprint density at radius 1 is 1.50 bits per heavy atom. The average Bonchev–Trinajstić information content (AvgIpc) is 2.88. The lowest BCUT2D eigenvalue weighted by atomic mass is 10.1. The lowest BCUT2D eigenvalue weighted by molar-refractivity contribution is 0.0952. The van der Waals surface area contributed by atoms with Gasteiger partial charge in [0, 0.05) is 11.1 Å². The number of carbonyl (C=O) groups is 1. The lowest BCUT2D eigenvalue weighted by Crippen LogP contribution is -2.24. The van der Waals surface area contributed by atoms with E-state index in [-0.39, 0.29) is 5.91 Å². The van der Waals surface area contributed by atoms with Gasteiger partial charge in [-0.2, -0.15) is 0 Å². The number of hydrazine groups is 1. The summed E-state index contributed by atoms with van der Waals surface area (Å²) < 4.78 is 0. The number of nitrogens with one attached hydrogen (secondary N) is 2. The highest BCUT2D eigenvalue weighted by atomic mass is 32.1. The van der Waals surface area contributed by atoms with Gasteiger partial charge in [0.15, 0.2) is 0 Å². The Morgan fingerprint density at radius 3 is 3.00 bits per heavy atom. The van der Waals surface area contributed by atoms with Gasteiger partial charge in [0.05, 0.1) is 23.3 Å². The molecule has 0 unspecified atom stereocenters. The molecule has 1 aromatic carbocycles. The molecule has 0 spiro atoms. The van der Waals surface area contributed by atoms with Gasteiger partial charge < -0.3 is 10.7 Å². The molecule has 0 aliphatic carbocycles. The topological polar surface area (TPSA) is 80.0 Å². The van der Waals surface area contributed by atoms with E-state index in [4.69, 9.17) is 5.84 Å². The van der Waals surface area contributed by atoms with Crippen molar-refractivity contribution in [1.29, 1.82) is 0 Å². The predicted octanol–water partition coefficient (Wildman–Crippen LogP) is 1.67. The van der Waals surface area contributed by atoms with Crippen molar-refractivity contribution in [3.05, 3.63) is 45.9 Å². The van der Waals surface area contributed by atoms with Crippen LogP contribution < -0.4 is 16.6 Å². The van der Waals surface area contributed by atoms with E-state index in [0.717, 1.165) is 10.4 Å². The second kappa shape index (κ2) is 5.61. The number of nitrogens with two attached hydrogens (primary N) is 1. The fourth-order valence-corrected chi connectivity index (χ4v) is 2.10. The van der Waals surface area contributed by atoms with Crippen molar-refractivity contribution in [2.75, 3.05) is 5.43 Å². The number of nitrogens with zero attached hydrogens (tertiary/aromatic N) is 1. The number of hydrogen-bond donors (Lipinski definition) is 3. The second-order valence-corrected chi connectivity index (χ2v) is 4.81. The molecule has 94 valence electrons. The smallest absolute Gasteiger partial charge is 0.253 e. The van der Waals surface area contributed by atoms with Gasteiger partial charge in [0.1, 0.15) is 0 Å². The quantitative estimate of drug-likeness (QED) is 0.578. The van der Waals surface area contributed by atoms with Crippen LogP contribution in [0.2, 0.25) is 0 Å². The Balaban J connectivity index is 2.09. The van der Waals surface area contributed by atoms with Gasteiger partial charge in [0.25, 0.3) is 5.91 Å². The van der Waals surface area contributed by atoms with Crippen LogP contribution in [0.5, 0.6) is 0 Å². The number of anilines is 1. The SMILES string of the molecule is Cc1ccc(C(=O)NCc2cncs2)c(NN)c1. The summed E-state index contributed by atoms with van der Waals surface area (Å²) in [6, 6.07) is 5.47. The molecule has 1 amide bonds. The van der Waals surface area contributed by atoms with Crippen LogP contribution in [0.25, 0.3) is 0 Å². The molecule has 0 aliphatic rings. The Morgan fingerprint density at radius 2 is 2.33 bits per heavy atom. The fraction of sp³-hybridized carbons (Fsp3) is 0.167. The van der Waals surface area contributed by atoms with Crippen LogP contribution in [0.3, 0.4) is 0 Å². The standard InChI is InChI=1S/C12H14N4OS/c1-8-2-3-10(11(4-8)16-13)12(17)15-6-9-5-14-7-18-9/h2-5,7,16H,6,13H2,1H3,(H,15,17). The molecule has 2 rings (SSSR count). The number of carbonyl (C=O) groups excluding carboxylic acids is 1. The maximum atomic E-state index is 12.0. The Labute approximate surface area is 109 Å². The van der Waals surface area contributed by atoms with Crippen LogP contribution in [0.15, 0.2) is 29.9 Å². The van der Waals surface area contributed by atoms with E-state index in [0.29, 0.717) is 17.8 Å². The zero-order valence-electron chi connectivity index (χ0n) is 9.93. The van der Waals surface area contributed by atoms with Gasteiger partial charge in [-0.15, -0.1) is 11.3 Å². The number of aryl methyl sites for hydroxylation is 1. The molecule has 6 heteroatoms. The van der Waals surface area contributed by atoms with E-state index in [1.165, 1.54) is 11.3 Å². The van der Waals surface area contributed by atoms with E-state index in [1.54, 1.807) is 17.8 Å². The van der Waals surface area contributed by atoms with Crippen LogP contribution >= 0.6 is 11.3 Å². The van der Waals surface area contributed by atoms with Crippen LogP contribution in [0, 0.1) is 6.92 Å². The van der Waals surface area contributed by atoms with Crippen LogP contribution in [0.4, 0.5) is 5.69 Å². The van der Waals surface area contributed by atoms with Gasteiger partial charge in [0.2, 0.25) is 0 Å². The van der Waals surface area contributed by atoms with E-state index >= 15 is 0 Å². The summed E-state index contributed by atoms with van der Waals surface area (Å²) in [7, 11) is 0. The number of aromatic nitrogens is 1. The third kappa shape index (κ3) is 2.85. The molecule has 0 bridgehead atoms. The number of thiazole rings is 1. The zero-order valence-corrected chi connectivity index (χ0v) is 10.8. The average molecular weight is 262 g/mol. The van der Waals surface area contributed by atoms with Crippen molar-refractivity contribution in [3.63, 3.8) is 0 Å². The molecule has 1 aromatic heterocycles. The normalized spacial score (nSPS) is 10.1. The highest BCUT2D eigenvalue weighted by Crippen LogP contribution is 2.16. The first-order valence-electron chi connectivity index (χ1n) is 5.43. The number of benzene rings is 1. The zero-order chi connectivity index (χ0) is 13.0. The molecule has 0 atom stereocenters. The third-order valence-corrected chi connectivity index (χ3v) is 3.26. The molecule has 0 saturated heterocycles. The molecule has 2 aromatic rings. The third-order valence-electron chi connectivity index (χ3n) is 2.48. The van der Waals surface area contributed by atoms with E-state index in [2.05, 4.69) is 15.7 Å². The summed E-state index contributed by atoms with van der Waals surface area (Å²) in [5, 5.41) is 2.83. The van der Waals surface area contributed by atoms with Crippen molar-refractivity contribution in [3.8, 4) is 0 Å². The number of hydrogen-bond acceptors (Lipinski definition) is 5. The summed E-state index contributed by atoms with van der Waals surface area (Å²) >= 11 is 1.51. The van der Waals surface area contributed by atoms with Gasteiger partial charge in [-0.05, 0) is 24.6 Å². The van der Waals surface area contributed by atoms with Gasteiger partial charge in [-0.3, -0.25) is 15.6 Å².